The van der Waals surface area contributed by atoms with E-state index in [-0.39, 0.29) is 42.6 Å². The Balaban J connectivity index is 0.000000256. The number of fused-ring (bicyclic) bond motifs is 2. The van der Waals surface area contributed by atoms with Crippen molar-refractivity contribution in [2.75, 3.05) is 48.0 Å². The van der Waals surface area contributed by atoms with Gasteiger partial charge in [-0.1, -0.05) is 13.8 Å². The molecule has 3 aliphatic heterocycles. The molecule has 3 aliphatic rings. The minimum absolute atomic E-state index is 0.000995. The Morgan fingerprint density at radius 1 is 1.02 bits per heavy atom. The van der Waals surface area contributed by atoms with Gasteiger partial charge < -0.3 is 19.9 Å². The van der Waals surface area contributed by atoms with Crippen molar-refractivity contribution < 1.29 is 35.9 Å². The SMILES string of the molecule is CCC(CC)C(=O)CN1c2nc(N3CCOC[C@H]3C)cc(=O)n2CC[C@H]1C(F)(F)F.O=c1cc(C(F)(F)F)nc2n1CCCN2. The number of rotatable bonds is 6. The highest BCUT2D eigenvalue weighted by Gasteiger charge is 2.47. The summed E-state index contributed by atoms with van der Waals surface area (Å²) in [7, 11) is 0. The van der Waals surface area contributed by atoms with Gasteiger partial charge in [-0.15, -0.1) is 0 Å². The number of nitrogens with one attached hydrogen (secondary N) is 1. The third-order valence-electron chi connectivity index (χ3n) is 8.18. The van der Waals surface area contributed by atoms with Gasteiger partial charge in [-0.05, 0) is 32.6 Å². The number of anilines is 3. The van der Waals surface area contributed by atoms with Crippen molar-refractivity contribution in [1.82, 2.24) is 19.1 Å². The molecule has 11 nitrogen and oxygen atoms in total. The lowest BCUT2D eigenvalue weighted by Crippen LogP contribution is -2.55. The Morgan fingerprint density at radius 3 is 2.33 bits per heavy atom. The molecule has 0 aliphatic carbocycles. The van der Waals surface area contributed by atoms with Crippen LogP contribution in [0, 0.1) is 5.92 Å². The van der Waals surface area contributed by atoms with Crippen LogP contribution in [0.3, 0.4) is 0 Å². The van der Waals surface area contributed by atoms with Crippen molar-refractivity contribution in [3.63, 3.8) is 0 Å². The Morgan fingerprint density at radius 2 is 1.71 bits per heavy atom. The summed E-state index contributed by atoms with van der Waals surface area (Å²) in [5.74, 6) is -0.333. The highest BCUT2D eigenvalue weighted by molar-refractivity contribution is 5.85. The lowest BCUT2D eigenvalue weighted by Gasteiger charge is -2.40. The van der Waals surface area contributed by atoms with Crippen LogP contribution in [0.15, 0.2) is 21.7 Å². The van der Waals surface area contributed by atoms with Crippen molar-refractivity contribution in [3.8, 4) is 0 Å². The molecule has 2 aromatic heterocycles. The zero-order chi connectivity index (χ0) is 33.1. The Hall–Kier alpha value is -3.63. The van der Waals surface area contributed by atoms with E-state index in [1.54, 1.807) is 0 Å². The molecule has 5 heterocycles. The van der Waals surface area contributed by atoms with Crippen molar-refractivity contribution in [2.24, 2.45) is 5.92 Å². The van der Waals surface area contributed by atoms with Gasteiger partial charge in [0.25, 0.3) is 11.1 Å². The molecule has 0 spiro atoms. The molecule has 45 heavy (non-hydrogen) atoms. The summed E-state index contributed by atoms with van der Waals surface area (Å²) in [6, 6.07) is -0.0215. The summed E-state index contributed by atoms with van der Waals surface area (Å²) >= 11 is 0. The molecule has 0 unspecified atom stereocenters. The molecule has 0 aromatic carbocycles. The van der Waals surface area contributed by atoms with Crippen LogP contribution in [-0.4, -0.2) is 76.0 Å². The molecule has 1 fully saturated rings. The fourth-order valence-electron chi connectivity index (χ4n) is 5.67. The number of morpholine rings is 1. The van der Waals surface area contributed by atoms with E-state index in [9.17, 15) is 40.7 Å². The lowest BCUT2D eigenvalue weighted by atomic mass is 9.97. The molecule has 1 N–H and O–H groups in total. The average molecular weight is 650 g/mol. The normalized spacial score (nSPS) is 20.1. The van der Waals surface area contributed by atoms with E-state index >= 15 is 0 Å². The Labute approximate surface area is 255 Å². The zero-order valence-corrected chi connectivity index (χ0v) is 25.2. The third kappa shape index (κ3) is 7.79. The molecule has 17 heteroatoms. The smallest absolute Gasteiger partial charge is 0.377 e. The number of alkyl halides is 6. The number of carbonyl (C=O) groups is 1. The van der Waals surface area contributed by atoms with Crippen LogP contribution in [0.2, 0.25) is 0 Å². The van der Waals surface area contributed by atoms with E-state index in [0.717, 1.165) is 4.90 Å². The number of carbonyl (C=O) groups excluding carboxylic acids is 1. The van der Waals surface area contributed by atoms with Gasteiger partial charge >= 0.3 is 12.4 Å². The maximum absolute atomic E-state index is 13.8. The predicted octanol–water partition coefficient (Wildman–Crippen LogP) is 3.69. The summed E-state index contributed by atoms with van der Waals surface area (Å²) in [4.78, 5) is 47.5. The van der Waals surface area contributed by atoms with Gasteiger partial charge in [0.05, 0.1) is 25.8 Å². The summed E-state index contributed by atoms with van der Waals surface area (Å²) in [5, 5.41) is 2.67. The van der Waals surface area contributed by atoms with E-state index in [0.29, 0.717) is 64.0 Å². The standard InChI is InChI=1S/C20H29F3N4O3.C8H8F3N3O/c1-4-14(5-2)15(28)11-27-16(20(21,22)23)6-7-26-18(29)10-17(24-19(26)27)25-8-9-30-12-13(25)3;9-8(10,11)5-4-6(15)14-3-1-2-12-7(14)13-5/h10,13-14,16H,4-9,11-12H2,1-3H3;4H,1-3H2,(H,12,13)/t13-,16+;/m1./s1. The van der Waals surface area contributed by atoms with E-state index < -0.39 is 41.8 Å². The molecule has 5 rings (SSSR count). The van der Waals surface area contributed by atoms with Crippen LogP contribution in [0.5, 0.6) is 0 Å². The van der Waals surface area contributed by atoms with Gasteiger partial charge in [0.15, 0.2) is 11.5 Å². The largest absolute Gasteiger partial charge is 0.433 e. The minimum atomic E-state index is -4.58. The highest BCUT2D eigenvalue weighted by atomic mass is 19.4. The predicted molar refractivity (Wildman–Crippen MR) is 154 cm³/mol. The van der Waals surface area contributed by atoms with E-state index in [2.05, 4.69) is 15.3 Å². The maximum Gasteiger partial charge on any atom is 0.433 e. The first-order valence-corrected chi connectivity index (χ1v) is 14.9. The molecule has 0 amide bonds. The van der Waals surface area contributed by atoms with Crippen molar-refractivity contribution in [2.45, 2.75) is 84.0 Å². The van der Waals surface area contributed by atoms with E-state index in [1.807, 2.05) is 25.7 Å². The van der Waals surface area contributed by atoms with E-state index in [4.69, 9.17) is 4.74 Å². The summed E-state index contributed by atoms with van der Waals surface area (Å²) in [6.45, 7) is 7.44. The van der Waals surface area contributed by atoms with Gasteiger partial charge in [-0.2, -0.15) is 31.3 Å². The Bertz CT molecular complexity index is 1470. The fourth-order valence-corrected chi connectivity index (χ4v) is 5.67. The second-order valence-corrected chi connectivity index (χ2v) is 11.2. The van der Waals surface area contributed by atoms with Crippen LogP contribution in [0.25, 0.3) is 0 Å². The minimum Gasteiger partial charge on any atom is -0.377 e. The molecular weight excluding hydrogens is 612 g/mol. The number of nitrogens with zero attached hydrogens (tertiary/aromatic N) is 6. The lowest BCUT2D eigenvalue weighted by molar-refractivity contribution is -0.153. The number of hydrogen-bond donors (Lipinski definition) is 1. The topological polar surface area (TPSA) is 115 Å². The number of ether oxygens (including phenoxy) is 1. The van der Waals surface area contributed by atoms with Gasteiger partial charge in [-0.3, -0.25) is 23.5 Å². The molecule has 0 radical (unpaired) electrons. The highest BCUT2D eigenvalue weighted by Crippen LogP contribution is 2.35. The van der Waals surface area contributed by atoms with Crippen molar-refractivity contribution in [3.05, 3.63) is 38.5 Å². The average Bonchev–Trinajstić information content (AvgIpc) is 2.97. The van der Waals surface area contributed by atoms with Crippen LogP contribution >= 0.6 is 0 Å². The number of Topliss-reactive ketones (excluding diaryl/α,β-unsaturated/α-hetero) is 1. The van der Waals surface area contributed by atoms with Crippen LogP contribution in [0.1, 0.15) is 52.1 Å². The number of hydrogen-bond acceptors (Lipinski definition) is 9. The summed E-state index contributed by atoms with van der Waals surface area (Å²) < 4.78 is 86.2. The number of aromatic nitrogens is 4. The first-order valence-electron chi connectivity index (χ1n) is 14.9. The summed E-state index contributed by atoms with van der Waals surface area (Å²) in [6.07, 6.45) is -7.56. The molecule has 0 saturated carbocycles. The molecule has 250 valence electrons. The first-order chi connectivity index (χ1) is 21.1. The molecular formula is C28H37F6N7O4. The second-order valence-electron chi connectivity index (χ2n) is 11.2. The van der Waals surface area contributed by atoms with Gasteiger partial charge in [0, 0.05) is 44.2 Å². The van der Waals surface area contributed by atoms with E-state index in [1.165, 1.54) is 15.2 Å². The monoisotopic (exact) mass is 649 g/mol. The molecule has 2 atom stereocenters. The van der Waals surface area contributed by atoms with Crippen LogP contribution in [0.4, 0.5) is 44.1 Å². The van der Waals surface area contributed by atoms with Gasteiger partial charge in [0.1, 0.15) is 11.9 Å². The second kappa shape index (κ2) is 13.8. The van der Waals surface area contributed by atoms with Crippen LogP contribution in [-0.2, 0) is 28.8 Å². The maximum atomic E-state index is 13.8. The van der Waals surface area contributed by atoms with Crippen molar-refractivity contribution in [1.29, 1.82) is 0 Å². The number of halogens is 6. The van der Waals surface area contributed by atoms with Crippen LogP contribution < -0.4 is 26.2 Å². The Kier molecular flexibility index (Phi) is 10.5. The summed E-state index contributed by atoms with van der Waals surface area (Å²) in [5.41, 5.74) is -2.22. The quantitative estimate of drug-likeness (QED) is 0.468. The third-order valence-corrected chi connectivity index (χ3v) is 8.18. The molecule has 2 aromatic rings. The zero-order valence-electron chi connectivity index (χ0n) is 25.2. The first kappa shape index (κ1) is 34.2. The van der Waals surface area contributed by atoms with Crippen molar-refractivity contribution >= 4 is 23.5 Å². The fraction of sp³-hybridized carbons (Fsp3) is 0.679. The molecule has 0 bridgehead atoms. The molecule has 1 saturated heterocycles. The number of ketones is 1. The van der Waals surface area contributed by atoms with Gasteiger partial charge in [0.2, 0.25) is 11.9 Å². The van der Waals surface area contributed by atoms with Gasteiger partial charge in [-0.25, -0.2) is 4.98 Å².